The minimum atomic E-state index is -1.15. The third-order valence-corrected chi connectivity index (χ3v) is 5.59. The molecule has 0 bridgehead atoms. The van der Waals surface area contributed by atoms with Crippen molar-refractivity contribution in [2.45, 2.75) is 76.5 Å². The number of hydrogen-bond acceptors (Lipinski definition) is 5. The van der Waals surface area contributed by atoms with Gasteiger partial charge in [-0.25, -0.2) is 4.79 Å². The summed E-state index contributed by atoms with van der Waals surface area (Å²) in [7, 11) is 0. The van der Waals surface area contributed by atoms with Crippen LogP contribution in [0.1, 0.15) is 56.7 Å². The van der Waals surface area contributed by atoms with Crippen molar-refractivity contribution in [1.82, 2.24) is 10.6 Å². The number of ether oxygens (including phenoxy) is 2. The monoisotopic (exact) mass is 413 g/mol. The van der Waals surface area contributed by atoms with Crippen LogP contribution >= 0.6 is 0 Å². The highest BCUT2D eigenvalue weighted by Gasteiger charge is 2.43. The third kappa shape index (κ3) is 5.51. The Bertz CT molecular complexity index is 832. The minimum Gasteiger partial charge on any atom is -0.444 e. The van der Waals surface area contributed by atoms with Gasteiger partial charge in [0, 0.05) is 32.5 Å². The molecule has 1 heterocycles. The first-order valence-electron chi connectivity index (χ1n) is 10.6. The smallest absolute Gasteiger partial charge is 0.408 e. The maximum Gasteiger partial charge on any atom is 0.408 e. The molecule has 1 aromatic carbocycles. The van der Waals surface area contributed by atoms with Crippen molar-refractivity contribution in [1.29, 1.82) is 5.26 Å². The van der Waals surface area contributed by atoms with Gasteiger partial charge in [0.25, 0.3) is 0 Å². The number of nitrogens with one attached hydrogen (secondary N) is 2. The molecule has 162 valence electrons. The Balaban J connectivity index is 1.69. The molecule has 0 aromatic heterocycles. The zero-order valence-corrected chi connectivity index (χ0v) is 18.0. The summed E-state index contributed by atoms with van der Waals surface area (Å²) in [6.45, 7) is 6.01. The summed E-state index contributed by atoms with van der Waals surface area (Å²) in [4.78, 5) is 25.6. The molecule has 3 rings (SSSR count). The fourth-order valence-corrected chi connectivity index (χ4v) is 4.04. The molecule has 1 atom stereocenters. The van der Waals surface area contributed by atoms with Crippen LogP contribution in [0.5, 0.6) is 0 Å². The summed E-state index contributed by atoms with van der Waals surface area (Å²) in [5.41, 5.74) is 1.93. The number of nitrogens with zero attached hydrogens (tertiary/aromatic N) is 1. The number of carbonyl (C=O) groups is 2. The Morgan fingerprint density at radius 1 is 1.23 bits per heavy atom. The molecule has 1 saturated heterocycles. The van der Waals surface area contributed by atoms with Crippen molar-refractivity contribution < 1.29 is 19.1 Å². The van der Waals surface area contributed by atoms with E-state index in [-0.39, 0.29) is 5.91 Å². The van der Waals surface area contributed by atoms with E-state index in [0.29, 0.717) is 32.5 Å². The first-order valence-corrected chi connectivity index (χ1v) is 10.6. The molecule has 0 spiro atoms. The summed E-state index contributed by atoms with van der Waals surface area (Å²) in [6.07, 6.45) is 3.77. The summed E-state index contributed by atoms with van der Waals surface area (Å²) < 4.78 is 10.7. The summed E-state index contributed by atoms with van der Waals surface area (Å²) in [5.74, 6) is -0.371. The van der Waals surface area contributed by atoms with Gasteiger partial charge in [0.2, 0.25) is 5.91 Å². The summed E-state index contributed by atoms with van der Waals surface area (Å²) >= 11 is 0. The van der Waals surface area contributed by atoms with Gasteiger partial charge < -0.3 is 20.1 Å². The molecule has 1 aliphatic heterocycles. The van der Waals surface area contributed by atoms with Crippen LogP contribution in [0.3, 0.4) is 0 Å². The maximum atomic E-state index is 13.2. The molecule has 30 heavy (non-hydrogen) atoms. The molecule has 0 saturated carbocycles. The largest absolute Gasteiger partial charge is 0.444 e. The van der Waals surface area contributed by atoms with Gasteiger partial charge in [-0.2, -0.15) is 5.26 Å². The predicted molar refractivity (Wildman–Crippen MR) is 112 cm³/mol. The van der Waals surface area contributed by atoms with Crippen LogP contribution in [-0.4, -0.2) is 42.4 Å². The SMILES string of the molecule is CC(C)(C)OC(=O)NC1(C(=O)NC(C#N)Cc2ccc3c(c2)CCC3)CCOCC1. The van der Waals surface area contributed by atoms with Crippen molar-refractivity contribution >= 4 is 12.0 Å². The summed E-state index contributed by atoms with van der Waals surface area (Å²) in [5, 5.41) is 15.2. The Kier molecular flexibility index (Phi) is 6.67. The van der Waals surface area contributed by atoms with Gasteiger partial charge in [0.1, 0.15) is 17.2 Å². The van der Waals surface area contributed by atoms with Crippen molar-refractivity contribution in [3.8, 4) is 6.07 Å². The average molecular weight is 414 g/mol. The molecular weight excluding hydrogens is 382 g/mol. The van der Waals surface area contributed by atoms with Crippen LogP contribution in [0, 0.1) is 11.3 Å². The Morgan fingerprint density at radius 3 is 2.60 bits per heavy atom. The van der Waals surface area contributed by atoms with E-state index >= 15 is 0 Å². The number of alkyl carbamates (subject to hydrolysis) is 1. The van der Waals surface area contributed by atoms with Crippen molar-refractivity contribution in [3.63, 3.8) is 0 Å². The van der Waals surface area contributed by atoms with Crippen LogP contribution in [0.15, 0.2) is 18.2 Å². The number of nitriles is 1. The zero-order valence-electron chi connectivity index (χ0n) is 18.0. The lowest BCUT2D eigenvalue weighted by Crippen LogP contribution is -2.63. The number of benzene rings is 1. The maximum absolute atomic E-state index is 13.2. The van der Waals surface area contributed by atoms with Gasteiger partial charge in [-0.15, -0.1) is 0 Å². The van der Waals surface area contributed by atoms with Gasteiger partial charge >= 0.3 is 6.09 Å². The highest BCUT2D eigenvalue weighted by atomic mass is 16.6. The van der Waals surface area contributed by atoms with Crippen LogP contribution in [0.4, 0.5) is 4.79 Å². The molecule has 1 unspecified atom stereocenters. The second-order valence-corrected chi connectivity index (χ2v) is 9.14. The molecule has 7 heteroatoms. The standard InChI is InChI=1S/C23H31N3O4/c1-22(2,3)30-21(28)26-23(9-11-29-12-10-23)20(27)25-19(15-24)14-16-7-8-17-5-4-6-18(17)13-16/h7-8,13,19H,4-6,9-12,14H2,1-3H3,(H,25,27)(H,26,28). The molecule has 2 aliphatic rings. The number of amides is 2. The highest BCUT2D eigenvalue weighted by Crippen LogP contribution is 2.25. The van der Waals surface area contributed by atoms with Crippen molar-refractivity contribution in [2.24, 2.45) is 0 Å². The molecule has 1 aliphatic carbocycles. The Hall–Kier alpha value is -2.59. The van der Waals surface area contributed by atoms with E-state index in [9.17, 15) is 14.9 Å². The zero-order chi connectivity index (χ0) is 21.8. The lowest BCUT2D eigenvalue weighted by molar-refractivity contribution is -0.132. The van der Waals surface area contributed by atoms with E-state index in [1.807, 2.05) is 6.07 Å². The van der Waals surface area contributed by atoms with E-state index in [1.54, 1.807) is 20.8 Å². The Labute approximate surface area is 178 Å². The first kappa shape index (κ1) is 22.1. The minimum absolute atomic E-state index is 0.328. The lowest BCUT2D eigenvalue weighted by Gasteiger charge is -2.37. The first-order chi connectivity index (χ1) is 14.2. The Morgan fingerprint density at radius 2 is 1.93 bits per heavy atom. The van der Waals surface area contributed by atoms with Crippen LogP contribution in [-0.2, 0) is 33.5 Å². The fourth-order valence-electron chi connectivity index (χ4n) is 4.04. The van der Waals surface area contributed by atoms with E-state index in [4.69, 9.17) is 9.47 Å². The number of carbonyl (C=O) groups excluding carboxylic acids is 2. The second kappa shape index (κ2) is 9.05. The van der Waals surface area contributed by atoms with Gasteiger partial charge in [-0.1, -0.05) is 18.2 Å². The molecule has 7 nitrogen and oxygen atoms in total. The van der Waals surface area contributed by atoms with Crippen molar-refractivity contribution in [2.75, 3.05) is 13.2 Å². The number of rotatable bonds is 5. The van der Waals surface area contributed by atoms with E-state index < -0.39 is 23.3 Å². The average Bonchev–Trinajstić information content (AvgIpc) is 3.14. The molecular formula is C23H31N3O4. The fraction of sp³-hybridized carbons (Fsp3) is 0.609. The normalized spacial score (nSPS) is 18.6. The quantitative estimate of drug-likeness (QED) is 0.773. The second-order valence-electron chi connectivity index (χ2n) is 9.14. The van der Waals surface area contributed by atoms with E-state index in [2.05, 4.69) is 28.8 Å². The molecule has 2 amide bonds. The van der Waals surface area contributed by atoms with Gasteiger partial charge in [-0.3, -0.25) is 4.79 Å². The third-order valence-electron chi connectivity index (χ3n) is 5.59. The number of hydrogen-bond donors (Lipinski definition) is 2. The van der Waals surface area contributed by atoms with E-state index in [0.717, 1.165) is 24.8 Å². The van der Waals surface area contributed by atoms with Gasteiger partial charge in [0.05, 0.1) is 6.07 Å². The van der Waals surface area contributed by atoms with Crippen LogP contribution < -0.4 is 10.6 Å². The molecule has 1 fully saturated rings. The van der Waals surface area contributed by atoms with Crippen LogP contribution in [0.25, 0.3) is 0 Å². The van der Waals surface area contributed by atoms with Gasteiger partial charge in [-0.05, 0) is 56.7 Å². The summed E-state index contributed by atoms with van der Waals surface area (Å²) in [6, 6.07) is 7.80. The number of fused-ring (bicyclic) bond motifs is 1. The predicted octanol–water partition coefficient (Wildman–Crippen LogP) is 2.80. The molecule has 1 aromatic rings. The van der Waals surface area contributed by atoms with Gasteiger partial charge in [0.15, 0.2) is 0 Å². The molecule has 2 N–H and O–H groups in total. The lowest BCUT2D eigenvalue weighted by atomic mass is 9.88. The van der Waals surface area contributed by atoms with Crippen LogP contribution in [0.2, 0.25) is 0 Å². The molecule has 0 radical (unpaired) electrons. The van der Waals surface area contributed by atoms with Crippen molar-refractivity contribution in [3.05, 3.63) is 34.9 Å². The number of aryl methyl sites for hydroxylation is 2. The highest BCUT2D eigenvalue weighted by molar-refractivity contribution is 5.90. The topological polar surface area (TPSA) is 100 Å². The van der Waals surface area contributed by atoms with E-state index in [1.165, 1.54) is 11.1 Å².